The van der Waals surface area contributed by atoms with Gasteiger partial charge < -0.3 is 20.7 Å². The molecule has 0 spiro atoms. The van der Waals surface area contributed by atoms with Gasteiger partial charge >= 0.3 is 11.7 Å². The van der Waals surface area contributed by atoms with Crippen LogP contribution in [-0.2, 0) is 6.54 Å². The Labute approximate surface area is 134 Å². The number of hydrogen-bond acceptors (Lipinski definition) is 3. The third kappa shape index (κ3) is 4.59. The van der Waals surface area contributed by atoms with Gasteiger partial charge in [-0.15, -0.1) is 0 Å². The Morgan fingerprint density at radius 3 is 2.78 bits per heavy atom. The summed E-state index contributed by atoms with van der Waals surface area (Å²) in [6, 6.07) is 6.83. The lowest BCUT2D eigenvalue weighted by atomic mass is 10.0. The highest BCUT2D eigenvalue weighted by molar-refractivity contribution is 5.75. The summed E-state index contributed by atoms with van der Waals surface area (Å²) in [6.07, 6.45) is 0.714. The lowest BCUT2D eigenvalue weighted by Crippen LogP contribution is -2.45. The summed E-state index contributed by atoms with van der Waals surface area (Å²) in [7, 11) is 0. The van der Waals surface area contributed by atoms with E-state index in [2.05, 4.69) is 15.6 Å². The van der Waals surface area contributed by atoms with Crippen molar-refractivity contribution in [2.45, 2.75) is 32.9 Å². The monoisotopic (exact) mass is 320 g/mol. The fourth-order valence-corrected chi connectivity index (χ4v) is 2.59. The second-order valence-corrected chi connectivity index (χ2v) is 6.01. The van der Waals surface area contributed by atoms with Crippen LogP contribution in [0.4, 0.5) is 4.79 Å². The number of urea groups is 1. The fraction of sp³-hybridized carbons (Fsp3) is 0.500. The van der Waals surface area contributed by atoms with Gasteiger partial charge in [0.05, 0.1) is 23.7 Å². The zero-order valence-corrected chi connectivity index (χ0v) is 13.5. The molecule has 7 heteroatoms. The van der Waals surface area contributed by atoms with Crippen molar-refractivity contribution in [1.82, 2.24) is 20.2 Å². The number of aliphatic hydroxyl groups excluding tert-OH is 1. The molecular weight excluding hydrogens is 296 g/mol. The molecular formula is C16H24N4O3. The number of fused-ring (bicyclic) bond motifs is 1. The Morgan fingerprint density at radius 1 is 1.35 bits per heavy atom. The summed E-state index contributed by atoms with van der Waals surface area (Å²) in [6.45, 7) is 4.68. The molecule has 1 aromatic heterocycles. The largest absolute Gasteiger partial charge is 0.394 e. The summed E-state index contributed by atoms with van der Waals surface area (Å²) in [5, 5.41) is 14.7. The molecule has 2 amide bonds. The number of para-hydroxylation sites is 2. The number of carbonyl (C=O) groups excluding carboxylic acids is 1. The maximum absolute atomic E-state index is 11.9. The van der Waals surface area contributed by atoms with Crippen molar-refractivity contribution in [2.24, 2.45) is 5.92 Å². The number of aliphatic hydroxyl groups is 1. The number of hydrogen-bond donors (Lipinski definition) is 4. The van der Waals surface area contributed by atoms with Crippen molar-refractivity contribution in [3.63, 3.8) is 0 Å². The van der Waals surface area contributed by atoms with E-state index in [1.165, 1.54) is 0 Å². The van der Waals surface area contributed by atoms with Gasteiger partial charge in [-0.05, 0) is 24.5 Å². The van der Waals surface area contributed by atoms with Gasteiger partial charge in [-0.2, -0.15) is 0 Å². The van der Waals surface area contributed by atoms with Crippen LogP contribution in [-0.4, -0.2) is 39.9 Å². The Balaban J connectivity index is 1.87. The Morgan fingerprint density at radius 2 is 2.09 bits per heavy atom. The molecule has 4 N–H and O–H groups in total. The average molecular weight is 320 g/mol. The molecule has 1 unspecified atom stereocenters. The van der Waals surface area contributed by atoms with Crippen molar-refractivity contribution in [3.05, 3.63) is 34.7 Å². The lowest BCUT2D eigenvalue weighted by molar-refractivity contribution is 0.206. The zero-order chi connectivity index (χ0) is 16.8. The van der Waals surface area contributed by atoms with Crippen LogP contribution in [0.2, 0.25) is 0 Å². The predicted molar refractivity (Wildman–Crippen MR) is 89.4 cm³/mol. The van der Waals surface area contributed by atoms with Gasteiger partial charge in [0.25, 0.3) is 0 Å². The van der Waals surface area contributed by atoms with Crippen molar-refractivity contribution in [3.8, 4) is 0 Å². The topological polar surface area (TPSA) is 99.1 Å². The summed E-state index contributed by atoms with van der Waals surface area (Å²) >= 11 is 0. The molecule has 0 aliphatic heterocycles. The molecule has 2 aromatic rings. The first kappa shape index (κ1) is 17.1. The number of aromatic nitrogens is 2. The molecule has 1 atom stereocenters. The number of carbonyl (C=O) groups is 1. The molecule has 1 heterocycles. The van der Waals surface area contributed by atoms with Crippen molar-refractivity contribution >= 4 is 17.1 Å². The zero-order valence-electron chi connectivity index (χ0n) is 13.5. The first-order valence-corrected chi connectivity index (χ1v) is 7.84. The van der Waals surface area contributed by atoms with Crippen LogP contribution in [0.3, 0.4) is 0 Å². The van der Waals surface area contributed by atoms with Gasteiger partial charge in [0, 0.05) is 13.1 Å². The fourth-order valence-electron chi connectivity index (χ4n) is 2.59. The maximum Gasteiger partial charge on any atom is 0.326 e. The van der Waals surface area contributed by atoms with Crippen LogP contribution >= 0.6 is 0 Å². The predicted octanol–water partition coefficient (Wildman–Crippen LogP) is 1.04. The summed E-state index contributed by atoms with van der Waals surface area (Å²) < 4.78 is 1.59. The molecule has 0 saturated carbocycles. The van der Waals surface area contributed by atoms with E-state index >= 15 is 0 Å². The molecule has 0 aliphatic carbocycles. The quantitative estimate of drug-likeness (QED) is 0.613. The maximum atomic E-state index is 11.9. The number of aromatic amines is 1. The van der Waals surface area contributed by atoms with Crippen LogP contribution in [0.5, 0.6) is 0 Å². The average Bonchev–Trinajstić information content (AvgIpc) is 2.82. The minimum Gasteiger partial charge on any atom is -0.394 e. The van der Waals surface area contributed by atoms with Gasteiger partial charge in [0.2, 0.25) is 0 Å². The highest BCUT2D eigenvalue weighted by Gasteiger charge is 2.13. The molecule has 7 nitrogen and oxygen atoms in total. The Hall–Kier alpha value is -2.28. The molecule has 0 saturated heterocycles. The number of benzene rings is 1. The van der Waals surface area contributed by atoms with Gasteiger partial charge in [-0.3, -0.25) is 4.57 Å². The number of nitrogens with zero attached hydrogens (tertiary/aromatic N) is 1. The normalized spacial score (nSPS) is 12.5. The van der Waals surface area contributed by atoms with Crippen LogP contribution < -0.4 is 16.3 Å². The summed E-state index contributed by atoms with van der Waals surface area (Å²) in [4.78, 5) is 26.5. The standard InChI is InChI=1S/C16H24N4O3/c1-11(2)9-12(10-21)18-15(22)17-7-8-20-14-6-4-3-5-13(14)19-16(20)23/h3-6,11-12,21H,7-10H2,1-2H3,(H,19,23)(H2,17,18,22). The molecule has 1 aromatic carbocycles. The first-order valence-electron chi connectivity index (χ1n) is 7.84. The van der Waals surface area contributed by atoms with Crippen molar-refractivity contribution < 1.29 is 9.90 Å². The second-order valence-electron chi connectivity index (χ2n) is 6.01. The smallest absolute Gasteiger partial charge is 0.326 e. The number of H-pyrrole nitrogens is 1. The minimum absolute atomic E-state index is 0.0898. The van der Waals surface area contributed by atoms with E-state index in [1.54, 1.807) is 4.57 Å². The van der Waals surface area contributed by atoms with Crippen LogP contribution in [0, 0.1) is 5.92 Å². The molecule has 0 aliphatic rings. The number of rotatable bonds is 7. The first-order chi connectivity index (χ1) is 11.0. The van der Waals surface area contributed by atoms with Crippen molar-refractivity contribution in [2.75, 3.05) is 13.2 Å². The summed E-state index contributed by atoms with van der Waals surface area (Å²) in [5.41, 5.74) is 1.40. The highest BCUT2D eigenvalue weighted by Crippen LogP contribution is 2.08. The van der Waals surface area contributed by atoms with Crippen LogP contribution in [0.15, 0.2) is 29.1 Å². The second kappa shape index (κ2) is 7.82. The van der Waals surface area contributed by atoms with Gasteiger partial charge in [0.1, 0.15) is 0 Å². The number of imidazole rings is 1. The Bertz CT molecular complexity index is 705. The van der Waals surface area contributed by atoms with E-state index in [0.717, 1.165) is 11.0 Å². The van der Waals surface area contributed by atoms with E-state index < -0.39 is 0 Å². The molecule has 0 bridgehead atoms. The van der Waals surface area contributed by atoms with Crippen LogP contribution in [0.1, 0.15) is 20.3 Å². The third-order valence-corrected chi connectivity index (χ3v) is 3.61. The highest BCUT2D eigenvalue weighted by atomic mass is 16.3. The molecule has 126 valence electrons. The van der Waals surface area contributed by atoms with E-state index in [4.69, 9.17) is 0 Å². The lowest BCUT2D eigenvalue weighted by Gasteiger charge is -2.18. The molecule has 0 radical (unpaired) electrons. The molecule has 23 heavy (non-hydrogen) atoms. The number of nitrogens with one attached hydrogen (secondary N) is 3. The van der Waals surface area contributed by atoms with Gasteiger partial charge in [-0.25, -0.2) is 9.59 Å². The summed E-state index contributed by atoms with van der Waals surface area (Å²) in [5.74, 6) is 0.386. The molecule has 2 rings (SSSR count). The third-order valence-electron chi connectivity index (χ3n) is 3.61. The van der Waals surface area contributed by atoms with E-state index in [9.17, 15) is 14.7 Å². The van der Waals surface area contributed by atoms with Gasteiger partial charge in [-0.1, -0.05) is 26.0 Å². The van der Waals surface area contributed by atoms with E-state index in [0.29, 0.717) is 25.4 Å². The number of amides is 2. The Kier molecular flexibility index (Phi) is 5.81. The van der Waals surface area contributed by atoms with E-state index in [-0.39, 0.29) is 24.4 Å². The van der Waals surface area contributed by atoms with E-state index in [1.807, 2.05) is 38.1 Å². The molecule has 0 fully saturated rings. The van der Waals surface area contributed by atoms with Crippen LogP contribution in [0.25, 0.3) is 11.0 Å². The minimum atomic E-state index is -0.336. The van der Waals surface area contributed by atoms with Gasteiger partial charge in [0.15, 0.2) is 0 Å². The van der Waals surface area contributed by atoms with Crippen molar-refractivity contribution in [1.29, 1.82) is 0 Å². The SMILES string of the molecule is CC(C)CC(CO)NC(=O)NCCn1c(=O)[nH]c2ccccc21.